The van der Waals surface area contributed by atoms with Crippen LogP contribution < -0.4 is 24.5 Å². The Bertz CT molecular complexity index is 1400. The summed E-state index contributed by atoms with van der Waals surface area (Å²) in [5.74, 6) is -0.107. The number of hydrogen-bond acceptors (Lipinski definition) is 7. The van der Waals surface area contributed by atoms with Gasteiger partial charge in [-0.05, 0) is 61.0 Å². The third-order valence-corrected chi connectivity index (χ3v) is 7.01. The SMILES string of the molecule is COc1ccc(S(=O)(=O)N(CC(=O)N/N=C(/C)c2cccc(NC(C)=O)c2)c2ccccc2OC)cc1. The van der Waals surface area contributed by atoms with Crippen LogP contribution in [0.25, 0.3) is 0 Å². The van der Waals surface area contributed by atoms with E-state index in [1.165, 1.54) is 45.4 Å². The lowest BCUT2D eigenvalue weighted by Crippen LogP contribution is -2.40. The first kappa shape index (κ1) is 27.2. The first-order valence-corrected chi connectivity index (χ1v) is 12.6. The zero-order valence-corrected chi connectivity index (χ0v) is 21.7. The number of hydrogen-bond donors (Lipinski definition) is 2. The fourth-order valence-electron chi connectivity index (χ4n) is 3.41. The van der Waals surface area contributed by atoms with Crippen molar-refractivity contribution in [3.05, 3.63) is 78.4 Å². The Morgan fingerprint density at radius 3 is 2.27 bits per heavy atom. The molecule has 0 spiro atoms. The van der Waals surface area contributed by atoms with Gasteiger partial charge >= 0.3 is 0 Å². The minimum atomic E-state index is -4.17. The van der Waals surface area contributed by atoms with Crippen molar-refractivity contribution in [2.24, 2.45) is 5.10 Å². The Balaban J connectivity index is 1.89. The van der Waals surface area contributed by atoms with E-state index in [0.717, 1.165) is 4.31 Å². The van der Waals surface area contributed by atoms with Crippen molar-refractivity contribution < 1.29 is 27.5 Å². The van der Waals surface area contributed by atoms with Crippen molar-refractivity contribution in [1.82, 2.24) is 5.43 Å². The van der Waals surface area contributed by atoms with Crippen LogP contribution in [0.5, 0.6) is 11.5 Å². The molecule has 0 aliphatic carbocycles. The van der Waals surface area contributed by atoms with E-state index in [2.05, 4.69) is 15.8 Å². The van der Waals surface area contributed by atoms with Gasteiger partial charge in [-0.1, -0.05) is 24.3 Å². The minimum Gasteiger partial charge on any atom is -0.497 e. The summed E-state index contributed by atoms with van der Waals surface area (Å²) in [6.07, 6.45) is 0. The normalized spacial score (nSPS) is 11.4. The van der Waals surface area contributed by atoms with Crippen molar-refractivity contribution in [2.75, 3.05) is 30.4 Å². The number of para-hydroxylation sites is 2. The highest BCUT2D eigenvalue weighted by molar-refractivity contribution is 7.92. The molecule has 0 heterocycles. The van der Waals surface area contributed by atoms with Gasteiger partial charge in [-0.25, -0.2) is 13.8 Å². The molecule has 0 saturated carbocycles. The van der Waals surface area contributed by atoms with Gasteiger partial charge in [-0.2, -0.15) is 5.10 Å². The van der Waals surface area contributed by atoms with Gasteiger partial charge in [0.05, 0.1) is 30.5 Å². The van der Waals surface area contributed by atoms with Gasteiger partial charge < -0.3 is 14.8 Å². The molecule has 3 aromatic carbocycles. The van der Waals surface area contributed by atoms with E-state index in [-0.39, 0.29) is 22.2 Å². The van der Waals surface area contributed by atoms with Crippen LogP contribution in [-0.2, 0) is 19.6 Å². The molecule has 0 bridgehead atoms. The van der Waals surface area contributed by atoms with Crippen LogP contribution in [0.3, 0.4) is 0 Å². The summed E-state index contributed by atoms with van der Waals surface area (Å²) >= 11 is 0. The molecule has 194 valence electrons. The van der Waals surface area contributed by atoms with Gasteiger partial charge in [-0.15, -0.1) is 0 Å². The Labute approximate surface area is 216 Å². The molecule has 3 aromatic rings. The molecule has 0 aromatic heterocycles. The number of anilines is 2. The lowest BCUT2D eigenvalue weighted by molar-refractivity contribution is -0.119. The van der Waals surface area contributed by atoms with E-state index in [1.807, 2.05) is 0 Å². The highest BCUT2D eigenvalue weighted by atomic mass is 32.2. The molecule has 0 radical (unpaired) electrons. The number of ether oxygens (including phenoxy) is 2. The summed E-state index contributed by atoms with van der Waals surface area (Å²) in [5.41, 5.74) is 4.32. The molecule has 0 aliphatic heterocycles. The smallest absolute Gasteiger partial charge is 0.264 e. The number of hydrazone groups is 1. The van der Waals surface area contributed by atoms with Crippen LogP contribution in [-0.4, -0.2) is 46.7 Å². The van der Waals surface area contributed by atoms with Gasteiger partial charge in [0.15, 0.2) is 0 Å². The van der Waals surface area contributed by atoms with Crippen molar-refractivity contribution in [3.8, 4) is 11.5 Å². The molecule has 0 saturated heterocycles. The molecule has 11 heteroatoms. The van der Waals surface area contributed by atoms with Crippen LogP contribution in [0.2, 0.25) is 0 Å². The molecule has 37 heavy (non-hydrogen) atoms. The fourth-order valence-corrected chi connectivity index (χ4v) is 4.84. The minimum absolute atomic E-state index is 0.0264. The highest BCUT2D eigenvalue weighted by Gasteiger charge is 2.29. The van der Waals surface area contributed by atoms with Crippen LogP contribution in [0.15, 0.2) is 82.8 Å². The highest BCUT2D eigenvalue weighted by Crippen LogP contribution is 2.32. The molecule has 0 unspecified atom stereocenters. The van der Waals surface area contributed by atoms with Crippen molar-refractivity contribution in [1.29, 1.82) is 0 Å². The summed E-state index contributed by atoms with van der Waals surface area (Å²) in [7, 11) is -1.27. The Kier molecular flexibility index (Phi) is 8.86. The zero-order chi connectivity index (χ0) is 27.0. The van der Waals surface area contributed by atoms with E-state index in [4.69, 9.17) is 9.47 Å². The molecule has 2 amide bonds. The van der Waals surface area contributed by atoms with E-state index < -0.39 is 22.5 Å². The van der Waals surface area contributed by atoms with Gasteiger partial charge in [0.1, 0.15) is 18.0 Å². The van der Waals surface area contributed by atoms with Gasteiger partial charge in [0, 0.05) is 12.6 Å². The number of methoxy groups -OCH3 is 2. The quantitative estimate of drug-likeness (QED) is 0.309. The Morgan fingerprint density at radius 2 is 1.62 bits per heavy atom. The number of carbonyl (C=O) groups is 2. The van der Waals surface area contributed by atoms with Crippen molar-refractivity contribution >= 4 is 38.9 Å². The summed E-state index contributed by atoms with van der Waals surface area (Å²) in [6, 6.07) is 19.3. The van der Waals surface area contributed by atoms with Crippen LogP contribution in [0, 0.1) is 0 Å². The second-order valence-electron chi connectivity index (χ2n) is 7.85. The first-order chi connectivity index (χ1) is 17.6. The van der Waals surface area contributed by atoms with Crippen LogP contribution in [0.4, 0.5) is 11.4 Å². The maximum Gasteiger partial charge on any atom is 0.264 e. The second kappa shape index (κ2) is 12.0. The molecular formula is C26H28N4O6S. The van der Waals surface area contributed by atoms with E-state index in [0.29, 0.717) is 22.7 Å². The second-order valence-corrected chi connectivity index (χ2v) is 9.72. The summed E-state index contributed by atoms with van der Waals surface area (Å²) in [4.78, 5) is 24.2. The lowest BCUT2D eigenvalue weighted by Gasteiger charge is -2.25. The summed E-state index contributed by atoms with van der Waals surface area (Å²) in [5, 5.41) is 6.80. The third-order valence-electron chi connectivity index (χ3n) is 5.24. The number of nitrogens with zero attached hydrogens (tertiary/aromatic N) is 2. The first-order valence-electron chi connectivity index (χ1n) is 11.2. The number of rotatable bonds is 10. The standard InChI is InChI=1S/C26H28N4O6S/c1-18(20-8-7-9-21(16-20)27-19(2)31)28-29-26(32)17-30(24-10-5-6-11-25(24)36-4)37(33,34)23-14-12-22(35-3)13-15-23/h5-16H,17H2,1-4H3,(H,27,31)(H,29,32)/b28-18-. The Hall–Kier alpha value is -4.38. The largest absolute Gasteiger partial charge is 0.497 e. The average molecular weight is 525 g/mol. The predicted octanol–water partition coefficient (Wildman–Crippen LogP) is 3.40. The topological polar surface area (TPSA) is 126 Å². The maximum absolute atomic E-state index is 13.6. The van der Waals surface area contributed by atoms with Gasteiger partial charge in [0.25, 0.3) is 15.9 Å². The number of amides is 2. The molecule has 0 fully saturated rings. The maximum atomic E-state index is 13.6. The predicted molar refractivity (Wildman–Crippen MR) is 142 cm³/mol. The fraction of sp³-hybridized carbons (Fsp3) is 0.192. The molecule has 0 aliphatic rings. The van der Waals surface area contributed by atoms with Gasteiger partial charge in [0.2, 0.25) is 5.91 Å². The molecule has 0 atom stereocenters. The molecule has 3 rings (SSSR count). The monoisotopic (exact) mass is 524 g/mol. The molecule has 2 N–H and O–H groups in total. The van der Waals surface area contributed by atoms with Crippen molar-refractivity contribution in [3.63, 3.8) is 0 Å². The van der Waals surface area contributed by atoms with Gasteiger partial charge in [-0.3, -0.25) is 13.9 Å². The van der Waals surface area contributed by atoms with E-state index in [1.54, 1.807) is 55.5 Å². The summed E-state index contributed by atoms with van der Waals surface area (Å²) < 4.78 is 38.6. The number of carbonyl (C=O) groups excluding carboxylic acids is 2. The van der Waals surface area contributed by atoms with Crippen molar-refractivity contribution in [2.45, 2.75) is 18.7 Å². The van der Waals surface area contributed by atoms with Crippen LogP contribution >= 0.6 is 0 Å². The lowest BCUT2D eigenvalue weighted by atomic mass is 10.1. The third kappa shape index (κ3) is 6.85. The van der Waals surface area contributed by atoms with Crippen LogP contribution in [0.1, 0.15) is 19.4 Å². The number of benzene rings is 3. The van der Waals surface area contributed by atoms with E-state index >= 15 is 0 Å². The zero-order valence-electron chi connectivity index (χ0n) is 20.9. The average Bonchev–Trinajstić information content (AvgIpc) is 2.90. The number of nitrogens with one attached hydrogen (secondary N) is 2. The number of sulfonamides is 1. The molecule has 10 nitrogen and oxygen atoms in total. The molecular weight excluding hydrogens is 496 g/mol. The Morgan fingerprint density at radius 1 is 0.919 bits per heavy atom. The van der Waals surface area contributed by atoms with E-state index in [9.17, 15) is 18.0 Å². The summed E-state index contributed by atoms with van der Waals surface area (Å²) in [6.45, 7) is 2.53.